The molecule has 0 unspecified atom stereocenters. The summed E-state index contributed by atoms with van der Waals surface area (Å²) in [5, 5.41) is 0.473. The van der Waals surface area contributed by atoms with E-state index in [1.807, 2.05) is 0 Å². The van der Waals surface area contributed by atoms with Gasteiger partial charge in [-0.3, -0.25) is 0 Å². The number of aromatic amines is 1. The summed E-state index contributed by atoms with van der Waals surface area (Å²) >= 11 is 0.991. The fourth-order valence-corrected chi connectivity index (χ4v) is 1.38. The van der Waals surface area contributed by atoms with E-state index in [2.05, 4.69) is 16.5 Å². The maximum absolute atomic E-state index is 12.0. The van der Waals surface area contributed by atoms with Crippen LogP contribution in [0.5, 0.6) is 0 Å². The Morgan fingerprint density at radius 2 is 2.21 bits per heavy atom. The summed E-state index contributed by atoms with van der Waals surface area (Å²) in [6.07, 6.45) is 3.05. The first-order valence-electron chi connectivity index (χ1n) is 3.50. The molecule has 0 radical (unpaired) electrons. The Morgan fingerprint density at radius 3 is 2.64 bits per heavy atom. The topological polar surface area (TPSA) is 28.7 Å². The van der Waals surface area contributed by atoms with Crippen molar-refractivity contribution in [1.29, 1.82) is 0 Å². The number of thioether (sulfide) groups is 1. The molecule has 0 saturated carbocycles. The van der Waals surface area contributed by atoms with Gasteiger partial charge in [-0.2, -0.15) is 0 Å². The molecule has 1 heterocycles. The molecule has 2 nitrogen and oxygen atoms in total. The number of H-pyrrole nitrogens is 1. The van der Waals surface area contributed by atoms with E-state index in [4.69, 9.17) is 0 Å². The molecular formula is C6H7BF3KN2S. The first-order chi connectivity index (χ1) is 6.00. The molecule has 0 atom stereocenters. The molecule has 14 heavy (non-hydrogen) atoms. The summed E-state index contributed by atoms with van der Waals surface area (Å²) < 4.78 is 36.0. The third kappa shape index (κ3) is 5.04. The molecule has 0 bridgehead atoms. The predicted molar refractivity (Wildman–Crippen MR) is 47.5 cm³/mol. The van der Waals surface area contributed by atoms with E-state index in [1.54, 1.807) is 6.20 Å². The van der Waals surface area contributed by atoms with Crippen molar-refractivity contribution in [1.82, 2.24) is 9.97 Å². The van der Waals surface area contributed by atoms with E-state index in [0.29, 0.717) is 5.16 Å². The second-order valence-corrected chi connectivity index (χ2v) is 3.38. The Hall–Kier alpha value is 0.791. The minimum absolute atomic E-state index is 0. The van der Waals surface area contributed by atoms with Gasteiger partial charge in [0.1, 0.15) is 0 Å². The number of imidazole rings is 1. The average molecular weight is 246 g/mol. The largest absolute Gasteiger partial charge is 1.00 e. The van der Waals surface area contributed by atoms with E-state index in [9.17, 15) is 12.9 Å². The third-order valence-corrected chi connectivity index (χ3v) is 2.34. The van der Waals surface area contributed by atoms with Crippen LogP contribution in [0.2, 0.25) is 0 Å². The number of halogens is 3. The van der Waals surface area contributed by atoms with Gasteiger partial charge in [-0.1, -0.05) is 11.8 Å². The molecule has 0 saturated heterocycles. The van der Waals surface area contributed by atoms with Gasteiger partial charge < -0.3 is 17.9 Å². The van der Waals surface area contributed by atoms with Crippen LogP contribution in [0.25, 0.3) is 0 Å². The predicted octanol–water partition coefficient (Wildman–Crippen LogP) is -0.551. The van der Waals surface area contributed by atoms with Gasteiger partial charge in [-0.25, -0.2) is 4.98 Å². The maximum atomic E-state index is 12.0. The molecule has 1 N–H and O–H groups in total. The Morgan fingerprint density at radius 1 is 1.57 bits per heavy atom. The molecule has 0 aliphatic heterocycles. The quantitative estimate of drug-likeness (QED) is 0.570. The van der Waals surface area contributed by atoms with Crippen molar-refractivity contribution in [3.8, 4) is 0 Å². The van der Waals surface area contributed by atoms with Crippen molar-refractivity contribution < 1.29 is 64.3 Å². The molecule has 1 rings (SSSR count). The summed E-state index contributed by atoms with van der Waals surface area (Å²) in [6.45, 7) is -1.95. The maximum Gasteiger partial charge on any atom is 1.00 e. The molecule has 0 spiro atoms. The zero-order valence-corrected chi connectivity index (χ0v) is 11.6. The Bertz CT molecular complexity index is 288. The standard InChI is InChI=1S/C6H7BF3N2S.K/c1-5(7(8,9)10)4-13-6-11-2-3-12-6;/h2-3H,1,4H2,(H,11,12);/q-1;+1. The first-order valence-corrected chi connectivity index (χ1v) is 4.48. The van der Waals surface area contributed by atoms with E-state index >= 15 is 0 Å². The molecule has 0 amide bonds. The number of hydrogen-bond donors (Lipinski definition) is 1. The Kier molecular flexibility index (Phi) is 6.75. The fourth-order valence-electron chi connectivity index (χ4n) is 0.585. The van der Waals surface area contributed by atoms with Crippen molar-refractivity contribution in [2.24, 2.45) is 0 Å². The molecule has 1 aromatic rings. The first kappa shape index (κ1) is 14.8. The summed E-state index contributed by atoms with van der Waals surface area (Å²) in [7, 11) is 0. The average Bonchev–Trinajstić information content (AvgIpc) is 2.50. The van der Waals surface area contributed by atoms with E-state index in [-0.39, 0.29) is 57.1 Å². The minimum atomic E-state index is -4.91. The summed E-state index contributed by atoms with van der Waals surface area (Å²) in [5.41, 5.74) is -0.693. The SMILES string of the molecule is C=C(CSc1ncc[nH]1)[B-](F)(F)F.[K+]. The van der Waals surface area contributed by atoms with Crippen molar-refractivity contribution >= 4 is 18.7 Å². The van der Waals surface area contributed by atoms with Gasteiger partial charge in [0.15, 0.2) is 5.16 Å². The van der Waals surface area contributed by atoms with Gasteiger partial charge in [0, 0.05) is 12.4 Å². The Balaban J connectivity index is 0.00000169. The molecule has 0 aliphatic rings. The molecule has 1 aromatic heterocycles. The smallest absolute Gasteiger partial charge is 0.445 e. The zero-order valence-electron chi connectivity index (χ0n) is 7.64. The van der Waals surface area contributed by atoms with Crippen LogP contribution in [-0.4, -0.2) is 22.7 Å². The summed E-state index contributed by atoms with van der Waals surface area (Å²) in [5.74, 6) is -0.170. The molecule has 8 heteroatoms. The van der Waals surface area contributed by atoms with Crippen LogP contribution in [0.3, 0.4) is 0 Å². The second-order valence-electron chi connectivity index (χ2n) is 2.42. The molecule has 0 aromatic carbocycles. The van der Waals surface area contributed by atoms with Gasteiger partial charge in [-0.05, 0) is 5.75 Å². The van der Waals surface area contributed by atoms with Crippen LogP contribution >= 0.6 is 11.8 Å². The number of nitrogens with zero attached hydrogens (tertiary/aromatic N) is 1. The van der Waals surface area contributed by atoms with E-state index in [1.165, 1.54) is 6.20 Å². The molecule has 0 fully saturated rings. The second kappa shape index (κ2) is 6.39. The molecule has 72 valence electrons. The zero-order chi connectivity index (χ0) is 9.90. The van der Waals surface area contributed by atoms with Crippen LogP contribution in [0, 0.1) is 0 Å². The van der Waals surface area contributed by atoms with Gasteiger partial charge in [-0.15, -0.1) is 12.1 Å². The van der Waals surface area contributed by atoms with E-state index < -0.39 is 12.4 Å². The number of aromatic nitrogens is 2. The monoisotopic (exact) mass is 246 g/mol. The normalized spacial score (nSPS) is 10.8. The summed E-state index contributed by atoms with van der Waals surface area (Å²) in [6, 6.07) is 0. The van der Waals surface area contributed by atoms with Gasteiger partial charge in [0.05, 0.1) is 0 Å². The minimum Gasteiger partial charge on any atom is -0.445 e. The number of hydrogen-bond acceptors (Lipinski definition) is 2. The van der Waals surface area contributed by atoms with Crippen LogP contribution in [-0.2, 0) is 0 Å². The van der Waals surface area contributed by atoms with Crippen LogP contribution in [0.15, 0.2) is 29.6 Å². The van der Waals surface area contributed by atoms with Crippen LogP contribution in [0.4, 0.5) is 12.9 Å². The van der Waals surface area contributed by atoms with Crippen molar-refractivity contribution in [2.45, 2.75) is 5.16 Å². The Labute approximate surface area is 127 Å². The van der Waals surface area contributed by atoms with Crippen LogP contribution < -0.4 is 51.4 Å². The summed E-state index contributed by atoms with van der Waals surface area (Å²) in [4.78, 5) is 6.47. The van der Waals surface area contributed by atoms with Gasteiger partial charge in [0.2, 0.25) is 0 Å². The van der Waals surface area contributed by atoms with Crippen LogP contribution in [0.1, 0.15) is 0 Å². The van der Waals surface area contributed by atoms with Crippen molar-refractivity contribution in [3.63, 3.8) is 0 Å². The van der Waals surface area contributed by atoms with Gasteiger partial charge in [0.25, 0.3) is 0 Å². The molecule has 0 aliphatic carbocycles. The van der Waals surface area contributed by atoms with Crippen molar-refractivity contribution in [2.75, 3.05) is 5.75 Å². The fraction of sp³-hybridized carbons (Fsp3) is 0.167. The van der Waals surface area contributed by atoms with Crippen molar-refractivity contribution in [3.05, 3.63) is 24.4 Å². The molecular weight excluding hydrogens is 239 g/mol. The van der Waals surface area contributed by atoms with E-state index in [0.717, 1.165) is 11.8 Å². The third-order valence-electron chi connectivity index (χ3n) is 1.33. The number of rotatable bonds is 4. The van der Waals surface area contributed by atoms with Gasteiger partial charge >= 0.3 is 58.4 Å². The number of nitrogens with one attached hydrogen (secondary N) is 1.